The number of hydrogen-bond acceptors (Lipinski definition) is 12. The third-order valence-corrected chi connectivity index (χ3v) is 17.5. The van der Waals surface area contributed by atoms with Crippen LogP contribution in [-0.2, 0) is 38.1 Å². The predicted molar refractivity (Wildman–Crippen MR) is 340 cm³/mol. The average molecular weight is 1170 g/mol. The number of quaternary nitrogens is 1. The van der Waals surface area contributed by atoms with Gasteiger partial charge in [-0.2, -0.15) is 4.37 Å². The van der Waals surface area contributed by atoms with E-state index in [2.05, 4.69) is 49.6 Å². The largest absolute Gasteiger partial charge is 0.475 e. The second-order valence-corrected chi connectivity index (χ2v) is 25.5. The zero-order valence-electron chi connectivity index (χ0n) is 54.0. The molecule has 0 saturated carbocycles. The van der Waals surface area contributed by atoms with E-state index in [1.807, 2.05) is 6.92 Å². The Morgan fingerprint density at radius 3 is 1.32 bits per heavy atom. The molecule has 0 radical (unpaired) electrons. The van der Waals surface area contributed by atoms with Crippen molar-refractivity contribution in [1.82, 2.24) is 8.75 Å². The van der Waals surface area contributed by atoms with Gasteiger partial charge in [0, 0.05) is 44.6 Å². The van der Waals surface area contributed by atoms with E-state index in [1.165, 1.54) is 192 Å². The van der Waals surface area contributed by atoms with Crippen LogP contribution < -0.4 is 4.74 Å². The van der Waals surface area contributed by atoms with Crippen molar-refractivity contribution in [3.8, 4) is 5.88 Å². The highest BCUT2D eigenvalue weighted by Crippen LogP contribution is 2.32. The van der Waals surface area contributed by atoms with Gasteiger partial charge in [-0.1, -0.05) is 278 Å². The highest BCUT2D eigenvalue weighted by atomic mass is 32.1. The lowest BCUT2D eigenvalue weighted by atomic mass is 9.98. The van der Waals surface area contributed by atoms with Crippen molar-refractivity contribution in [2.24, 2.45) is 5.92 Å². The molecule has 2 heterocycles. The molecule has 0 N–H and O–H groups in total. The number of unbranched alkanes of at least 4 members (excludes halogenated alkanes) is 37. The number of hydrogen-bond donors (Lipinski definition) is 0. The average Bonchev–Trinajstić information content (AvgIpc) is 4.12. The summed E-state index contributed by atoms with van der Waals surface area (Å²) in [6, 6.07) is 0. The Balaban J connectivity index is 1.58. The maximum Gasteiger partial charge on any atom is 0.310 e. The molecule has 12 nitrogen and oxygen atoms in total. The fourth-order valence-electron chi connectivity index (χ4n) is 11.3. The molecule has 1 aliphatic rings. The first-order valence-electron chi connectivity index (χ1n) is 34.7. The van der Waals surface area contributed by atoms with Crippen molar-refractivity contribution >= 4 is 41.2 Å². The van der Waals surface area contributed by atoms with Crippen LogP contribution in [0.4, 0.5) is 0 Å². The van der Waals surface area contributed by atoms with Crippen molar-refractivity contribution in [3.63, 3.8) is 0 Å². The topological polar surface area (TPSA) is 140 Å². The number of carbonyl (C=O) groups is 4. The molecule has 0 saturated heterocycles. The van der Waals surface area contributed by atoms with Crippen molar-refractivity contribution in [1.29, 1.82) is 0 Å². The van der Waals surface area contributed by atoms with Crippen molar-refractivity contribution < 1.29 is 47.3 Å². The summed E-state index contributed by atoms with van der Waals surface area (Å²) < 4.78 is 38.7. The molecular formula is C69H126N3O9S+. The molecule has 476 valence electrons. The van der Waals surface area contributed by atoms with Crippen LogP contribution in [0.25, 0.3) is 5.57 Å². The van der Waals surface area contributed by atoms with E-state index in [0.717, 1.165) is 121 Å². The van der Waals surface area contributed by atoms with Crippen LogP contribution in [-0.4, -0.2) is 89.4 Å². The molecular weight excluding hydrogens is 1050 g/mol. The molecule has 82 heavy (non-hydrogen) atoms. The summed E-state index contributed by atoms with van der Waals surface area (Å²) in [4.78, 5) is 51.5. The van der Waals surface area contributed by atoms with Crippen LogP contribution in [0.2, 0.25) is 0 Å². The quantitative estimate of drug-likeness (QED) is 0.0266. The number of carbonyl (C=O) groups excluding carboxylic acids is 4. The smallest absolute Gasteiger partial charge is 0.310 e. The summed E-state index contributed by atoms with van der Waals surface area (Å²) in [6.07, 6.45) is 53.9. The van der Waals surface area contributed by atoms with E-state index < -0.39 is 6.10 Å². The molecule has 2 unspecified atom stereocenters. The van der Waals surface area contributed by atoms with E-state index >= 15 is 0 Å². The molecule has 0 spiro atoms. The zero-order chi connectivity index (χ0) is 59.4. The lowest BCUT2D eigenvalue weighted by Gasteiger charge is -2.41. The van der Waals surface area contributed by atoms with Gasteiger partial charge in [0.15, 0.2) is 6.10 Å². The van der Waals surface area contributed by atoms with Gasteiger partial charge in [0.25, 0.3) is 5.88 Å². The Bertz CT molecular complexity index is 1690. The number of esters is 4. The minimum absolute atomic E-state index is 0.0891. The Morgan fingerprint density at radius 2 is 0.878 bits per heavy atom. The van der Waals surface area contributed by atoms with Crippen LogP contribution in [0.1, 0.15) is 342 Å². The van der Waals surface area contributed by atoms with Gasteiger partial charge in [0.2, 0.25) is 6.23 Å². The lowest BCUT2D eigenvalue weighted by molar-refractivity contribution is -0.944. The van der Waals surface area contributed by atoms with E-state index in [0.29, 0.717) is 48.6 Å². The van der Waals surface area contributed by atoms with Crippen molar-refractivity contribution in [3.05, 3.63) is 11.8 Å². The van der Waals surface area contributed by atoms with Gasteiger partial charge in [-0.25, -0.2) is 0 Å². The highest BCUT2D eigenvalue weighted by Gasteiger charge is 2.37. The molecule has 2 rings (SSSR count). The zero-order valence-corrected chi connectivity index (χ0v) is 54.8. The number of likely N-dealkylation sites (N-methyl/N-ethyl adjacent to an activating group) is 1. The Morgan fingerprint density at radius 1 is 0.488 bits per heavy atom. The highest BCUT2D eigenvalue weighted by molar-refractivity contribution is 6.99. The Kier molecular flexibility index (Phi) is 47.8. The molecule has 0 amide bonds. The second kappa shape index (κ2) is 52.3. The van der Waals surface area contributed by atoms with Gasteiger partial charge in [0.05, 0.1) is 31.9 Å². The molecule has 1 aliphatic heterocycles. The van der Waals surface area contributed by atoms with Crippen LogP contribution in [0.5, 0.6) is 5.88 Å². The molecule has 1 aromatic heterocycles. The summed E-state index contributed by atoms with van der Waals surface area (Å²) in [7, 11) is 2.17. The van der Waals surface area contributed by atoms with E-state index in [-0.39, 0.29) is 43.3 Å². The first-order chi connectivity index (χ1) is 40.0. The fraction of sp³-hybridized carbons (Fsp3) is 0.884. The Labute approximate surface area is 507 Å². The SMILES string of the molecule is CCCCCCCCCCCCCCCC(=O)OCC(COC(=O)CCCCCCCCCCCCCCC)OC(=O)CCCCCCCCCCCCCC(C)CC(=O)O[C@H](C)[N+]1(C)CCC=C(c2nsnc2OCCCCCC)C1. The molecule has 13 heteroatoms. The number of nitrogens with zero attached hydrogens (tertiary/aromatic N) is 3. The van der Waals surface area contributed by atoms with Gasteiger partial charge in [-0.15, -0.1) is 4.37 Å². The van der Waals surface area contributed by atoms with Gasteiger partial charge in [-0.05, 0) is 31.6 Å². The normalized spacial score (nSPS) is 15.1. The maximum absolute atomic E-state index is 13.1. The number of rotatable bonds is 58. The minimum Gasteiger partial charge on any atom is -0.475 e. The van der Waals surface area contributed by atoms with Gasteiger partial charge in [-0.3, -0.25) is 23.7 Å². The summed E-state index contributed by atoms with van der Waals surface area (Å²) in [5, 5.41) is 0. The van der Waals surface area contributed by atoms with E-state index in [4.69, 9.17) is 23.7 Å². The first kappa shape index (κ1) is 75.0. The maximum atomic E-state index is 13.1. The Hall–Kier alpha value is -3.06. The van der Waals surface area contributed by atoms with E-state index in [1.54, 1.807) is 0 Å². The van der Waals surface area contributed by atoms with Crippen molar-refractivity contribution in [2.75, 3.05) is 40.0 Å². The molecule has 0 bridgehead atoms. The van der Waals surface area contributed by atoms with Crippen LogP contribution in [0.15, 0.2) is 6.08 Å². The summed E-state index contributed by atoms with van der Waals surface area (Å²) in [5.74, 6) is -0.0826. The lowest BCUT2D eigenvalue weighted by Crippen LogP contribution is -2.55. The number of aromatic nitrogens is 2. The monoisotopic (exact) mass is 1170 g/mol. The van der Waals surface area contributed by atoms with Gasteiger partial charge < -0.3 is 23.7 Å². The van der Waals surface area contributed by atoms with Gasteiger partial charge in [0.1, 0.15) is 25.5 Å². The van der Waals surface area contributed by atoms with Crippen molar-refractivity contribution in [2.45, 2.75) is 349 Å². The minimum atomic E-state index is -0.796. The predicted octanol–water partition coefficient (Wildman–Crippen LogP) is 19.7. The molecule has 0 aromatic carbocycles. The third-order valence-electron chi connectivity index (χ3n) is 17.0. The first-order valence-corrected chi connectivity index (χ1v) is 35.4. The number of ether oxygens (including phenoxy) is 5. The van der Waals surface area contributed by atoms with Gasteiger partial charge >= 0.3 is 23.9 Å². The van der Waals surface area contributed by atoms with E-state index in [9.17, 15) is 19.2 Å². The summed E-state index contributed by atoms with van der Waals surface area (Å²) in [6.45, 7) is 13.0. The summed E-state index contributed by atoms with van der Waals surface area (Å²) >= 11 is 1.20. The van der Waals surface area contributed by atoms with Crippen LogP contribution >= 0.6 is 11.7 Å². The second-order valence-electron chi connectivity index (χ2n) is 25.0. The standard InChI is InChI=1S/C69H126N3O9S/c1-7-10-13-16-18-20-22-24-28-32-36-40-44-51-64(73)78-58-63(59-79-65(74)52-45-41-37-33-29-25-23-21-19-17-14-11-8-2)81-66(75)53-46-42-38-34-30-26-27-31-35-39-43-49-60(4)56-67(76)80-61(5)72(6)54-48-50-62(57-72)68-69(71-82-70-68)77-55-47-15-12-9-3/h50,60-61,63H,7-49,51-59H2,1-6H3/q+1/t60?,61-,72?/m1/s1. The third kappa shape index (κ3) is 41.1. The molecule has 1 aromatic rings. The fourth-order valence-corrected chi connectivity index (χ4v) is 11.8. The molecule has 0 aliphatic carbocycles. The van der Waals surface area contributed by atoms with Crippen LogP contribution in [0, 0.1) is 5.92 Å². The van der Waals surface area contributed by atoms with Crippen LogP contribution in [0.3, 0.4) is 0 Å². The molecule has 0 fully saturated rings. The molecule has 3 atom stereocenters. The summed E-state index contributed by atoms with van der Waals surface area (Å²) in [5.41, 5.74) is 1.96.